The van der Waals surface area contributed by atoms with Crippen molar-refractivity contribution in [2.24, 2.45) is 0 Å². The second kappa shape index (κ2) is 6.15. The van der Waals surface area contributed by atoms with Gasteiger partial charge in [0.05, 0.1) is 4.90 Å². The fourth-order valence-electron chi connectivity index (χ4n) is 1.92. The summed E-state index contributed by atoms with van der Waals surface area (Å²) in [7, 11) is -3.12. The van der Waals surface area contributed by atoms with E-state index in [-0.39, 0.29) is 0 Å². The van der Waals surface area contributed by atoms with Crippen LogP contribution in [0.2, 0.25) is 0 Å². The van der Waals surface area contributed by atoms with E-state index < -0.39 is 9.84 Å². The van der Waals surface area contributed by atoms with Gasteiger partial charge < -0.3 is 5.32 Å². The van der Waals surface area contributed by atoms with Gasteiger partial charge in [0.2, 0.25) is 0 Å². The molecule has 1 aromatic heterocycles. The molecular formula is C15H18N2O2S. The summed E-state index contributed by atoms with van der Waals surface area (Å²) in [5.41, 5.74) is 3.33. The lowest BCUT2D eigenvalue weighted by Crippen LogP contribution is -2.13. The molecule has 5 heteroatoms. The summed E-state index contributed by atoms with van der Waals surface area (Å²) in [4.78, 5) is 4.49. The van der Waals surface area contributed by atoms with Crippen molar-refractivity contribution in [3.05, 3.63) is 59.4 Å². The first-order valence-corrected chi connectivity index (χ1v) is 8.24. The number of hydrogen-bond donors (Lipinski definition) is 1. The summed E-state index contributed by atoms with van der Waals surface area (Å²) in [6.45, 7) is 3.45. The summed E-state index contributed by atoms with van der Waals surface area (Å²) < 4.78 is 22.7. The standard InChI is InChI=1S/C15H18N2O2S/c1-12-7-14(10-16-8-12)11-17-9-13-3-5-15(6-4-13)20(2,18)19/h3-8,10,17H,9,11H2,1-2H3. The van der Waals surface area contributed by atoms with Gasteiger partial charge >= 0.3 is 0 Å². The number of nitrogens with zero attached hydrogens (tertiary/aromatic N) is 1. The van der Waals surface area contributed by atoms with Crippen molar-refractivity contribution in [1.29, 1.82) is 0 Å². The average Bonchev–Trinajstić information content (AvgIpc) is 2.38. The molecule has 1 N–H and O–H groups in total. The molecule has 0 radical (unpaired) electrons. The summed E-state index contributed by atoms with van der Waals surface area (Å²) in [5, 5.41) is 3.31. The molecule has 0 aliphatic rings. The summed E-state index contributed by atoms with van der Waals surface area (Å²) in [6.07, 6.45) is 4.88. The zero-order valence-electron chi connectivity index (χ0n) is 11.6. The van der Waals surface area contributed by atoms with Crippen LogP contribution in [0, 0.1) is 6.92 Å². The van der Waals surface area contributed by atoms with E-state index in [4.69, 9.17) is 0 Å². The lowest BCUT2D eigenvalue weighted by molar-refractivity contribution is 0.602. The van der Waals surface area contributed by atoms with E-state index in [2.05, 4.69) is 16.4 Å². The molecule has 0 saturated carbocycles. The van der Waals surface area contributed by atoms with Crippen LogP contribution < -0.4 is 5.32 Å². The van der Waals surface area contributed by atoms with E-state index in [9.17, 15) is 8.42 Å². The zero-order chi connectivity index (χ0) is 14.6. The molecular weight excluding hydrogens is 272 g/mol. The van der Waals surface area contributed by atoms with Gasteiger partial charge in [-0.1, -0.05) is 18.2 Å². The monoisotopic (exact) mass is 290 g/mol. The number of aromatic nitrogens is 1. The van der Waals surface area contributed by atoms with Gasteiger partial charge in [-0.2, -0.15) is 0 Å². The predicted molar refractivity (Wildman–Crippen MR) is 79.1 cm³/mol. The Labute approximate surface area is 119 Å². The van der Waals surface area contributed by atoms with Crippen LogP contribution in [-0.4, -0.2) is 19.7 Å². The maximum atomic E-state index is 11.4. The second-order valence-corrected chi connectivity index (χ2v) is 6.91. The Morgan fingerprint density at radius 3 is 2.30 bits per heavy atom. The highest BCUT2D eigenvalue weighted by Crippen LogP contribution is 2.10. The van der Waals surface area contributed by atoms with E-state index in [0.29, 0.717) is 11.4 Å². The Balaban J connectivity index is 1.92. The van der Waals surface area contributed by atoms with Gasteiger partial charge in [-0.05, 0) is 35.7 Å². The molecule has 0 saturated heterocycles. The number of nitrogens with one attached hydrogen (secondary N) is 1. The molecule has 0 fully saturated rings. The topological polar surface area (TPSA) is 59.1 Å². The van der Waals surface area contributed by atoms with Gasteiger partial charge in [0.15, 0.2) is 9.84 Å². The summed E-state index contributed by atoms with van der Waals surface area (Å²) in [5.74, 6) is 0. The van der Waals surface area contributed by atoms with Gasteiger partial charge in [0.25, 0.3) is 0 Å². The van der Waals surface area contributed by atoms with Gasteiger partial charge in [0.1, 0.15) is 0 Å². The Morgan fingerprint density at radius 2 is 1.70 bits per heavy atom. The van der Waals surface area contributed by atoms with Crippen LogP contribution in [0.3, 0.4) is 0 Å². The maximum Gasteiger partial charge on any atom is 0.175 e. The van der Waals surface area contributed by atoms with Gasteiger partial charge in [0, 0.05) is 31.7 Å². The molecule has 0 amide bonds. The number of pyridine rings is 1. The quantitative estimate of drug-likeness (QED) is 0.916. The fourth-order valence-corrected chi connectivity index (χ4v) is 2.55. The number of rotatable bonds is 5. The van der Waals surface area contributed by atoms with Crippen molar-refractivity contribution in [3.63, 3.8) is 0 Å². The number of sulfone groups is 1. The summed E-state index contributed by atoms with van der Waals surface area (Å²) in [6, 6.07) is 9.03. The number of hydrogen-bond acceptors (Lipinski definition) is 4. The van der Waals surface area contributed by atoms with Crippen molar-refractivity contribution < 1.29 is 8.42 Å². The molecule has 0 spiro atoms. The van der Waals surface area contributed by atoms with Crippen molar-refractivity contribution >= 4 is 9.84 Å². The van der Waals surface area contributed by atoms with Crippen LogP contribution in [-0.2, 0) is 22.9 Å². The molecule has 2 rings (SSSR count). The Hall–Kier alpha value is -1.72. The number of benzene rings is 1. The molecule has 0 unspecified atom stereocenters. The van der Waals surface area contributed by atoms with Crippen LogP contribution in [0.5, 0.6) is 0 Å². The highest BCUT2D eigenvalue weighted by atomic mass is 32.2. The second-order valence-electron chi connectivity index (χ2n) is 4.89. The number of aryl methyl sites for hydroxylation is 1. The molecule has 1 aromatic carbocycles. The van der Waals surface area contributed by atoms with Crippen molar-refractivity contribution in [3.8, 4) is 0 Å². The van der Waals surface area contributed by atoms with Gasteiger partial charge in [-0.15, -0.1) is 0 Å². The zero-order valence-corrected chi connectivity index (χ0v) is 12.4. The molecule has 4 nitrogen and oxygen atoms in total. The third kappa shape index (κ3) is 4.15. The van der Waals surface area contributed by atoms with Gasteiger partial charge in [-0.25, -0.2) is 8.42 Å². The fraction of sp³-hybridized carbons (Fsp3) is 0.267. The first-order valence-electron chi connectivity index (χ1n) is 6.35. The molecule has 2 aromatic rings. The third-order valence-electron chi connectivity index (χ3n) is 2.94. The van der Waals surface area contributed by atoms with Gasteiger partial charge in [-0.3, -0.25) is 4.98 Å². The van der Waals surface area contributed by atoms with Crippen LogP contribution >= 0.6 is 0 Å². The first-order chi connectivity index (χ1) is 9.45. The molecule has 0 atom stereocenters. The van der Waals surface area contributed by atoms with Crippen LogP contribution in [0.1, 0.15) is 16.7 Å². The Bertz CT molecular complexity index is 679. The van der Waals surface area contributed by atoms with E-state index in [1.165, 1.54) is 6.26 Å². The SMILES string of the molecule is Cc1cncc(CNCc2ccc(S(C)(=O)=O)cc2)c1. The lowest BCUT2D eigenvalue weighted by Gasteiger charge is -2.06. The van der Waals surface area contributed by atoms with Crippen LogP contribution in [0.15, 0.2) is 47.6 Å². The van der Waals surface area contributed by atoms with E-state index in [1.807, 2.05) is 31.5 Å². The molecule has 0 bridgehead atoms. The average molecular weight is 290 g/mol. The Morgan fingerprint density at radius 1 is 1.05 bits per heavy atom. The lowest BCUT2D eigenvalue weighted by atomic mass is 10.2. The highest BCUT2D eigenvalue weighted by Gasteiger charge is 2.05. The minimum atomic E-state index is -3.12. The summed E-state index contributed by atoms with van der Waals surface area (Å²) >= 11 is 0. The van der Waals surface area contributed by atoms with E-state index in [0.717, 1.165) is 23.2 Å². The molecule has 0 aliphatic carbocycles. The van der Waals surface area contributed by atoms with E-state index >= 15 is 0 Å². The third-order valence-corrected chi connectivity index (χ3v) is 4.07. The van der Waals surface area contributed by atoms with Crippen molar-refractivity contribution in [2.45, 2.75) is 24.9 Å². The molecule has 1 heterocycles. The smallest absolute Gasteiger partial charge is 0.175 e. The largest absolute Gasteiger partial charge is 0.309 e. The Kier molecular flexibility index (Phi) is 4.52. The van der Waals surface area contributed by atoms with Crippen LogP contribution in [0.25, 0.3) is 0 Å². The molecule has 20 heavy (non-hydrogen) atoms. The van der Waals surface area contributed by atoms with Crippen molar-refractivity contribution in [1.82, 2.24) is 10.3 Å². The maximum absolute atomic E-state index is 11.4. The molecule has 106 valence electrons. The van der Waals surface area contributed by atoms with Crippen LogP contribution in [0.4, 0.5) is 0 Å². The molecule has 0 aliphatic heterocycles. The normalized spacial score (nSPS) is 11.5. The minimum absolute atomic E-state index is 0.351. The minimum Gasteiger partial charge on any atom is -0.309 e. The van der Waals surface area contributed by atoms with E-state index in [1.54, 1.807) is 12.1 Å². The highest BCUT2D eigenvalue weighted by molar-refractivity contribution is 7.90. The predicted octanol–water partition coefficient (Wildman–Crippen LogP) is 2.08. The van der Waals surface area contributed by atoms with Crippen molar-refractivity contribution in [2.75, 3.05) is 6.26 Å². The first kappa shape index (κ1) is 14.7.